The molecule has 0 spiro atoms. The van der Waals surface area contributed by atoms with E-state index in [1.807, 2.05) is 29.8 Å². The topological polar surface area (TPSA) is 59.1 Å². The van der Waals surface area contributed by atoms with E-state index in [-0.39, 0.29) is 6.04 Å². The van der Waals surface area contributed by atoms with Crippen LogP contribution < -0.4 is 4.72 Å². The second kappa shape index (κ2) is 5.85. The van der Waals surface area contributed by atoms with Gasteiger partial charge in [-0.15, -0.1) is 11.3 Å². The van der Waals surface area contributed by atoms with Gasteiger partial charge in [-0.05, 0) is 42.9 Å². The number of thiazole rings is 1. The van der Waals surface area contributed by atoms with Crippen molar-refractivity contribution in [3.8, 4) is 0 Å². The van der Waals surface area contributed by atoms with Gasteiger partial charge in [-0.2, -0.15) is 0 Å². The first kappa shape index (κ1) is 15.1. The van der Waals surface area contributed by atoms with E-state index < -0.39 is 10.0 Å². The number of rotatable bonds is 3. The monoisotopic (exact) mass is 346 g/mol. The van der Waals surface area contributed by atoms with E-state index in [0.717, 1.165) is 36.9 Å². The van der Waals surface area contributed by atoms with Crippen LogP contribution in [-0.2, 0) is 29.3 Å². The van der Waals surface area contributed by atoms with Crippen LogP contribution in [0.2, 0.25) is 0 Å². The molecule has 1 N–H and O–H groups in total. The Kier molecular flexibility index (Phi) is 3.83. The molecular weight excluding hydrogens is 328 g/mol. The number of benzene rings is 1. The molecule has 0 fully saturated rings. The van der Waals surface area contributed by atoms with Crippen LogP contribution in [0.15, 0.2) is 34.7 Å². The molecule has 0 amide bonds. The third kappa shape index (κ3) is 2.98. The molecule has 4 rings (SSSR count). The molecule has 1 aromatic heterocycles. The summed E-state index contributed by atoms with van der Waals surface area (Å²) in [4.78, 5) is 6.05. The summed E-state index contributed by atoms with van der Waals surface area (Å²) in [6, 6.07) is 7.97. The number of nitrogens with one attached hydrogen (secondary N) is 1. The number of fused-ring (bicyclic) bond motifs is 2. The van der Waals surface area contributed by atoms with Crippen molar-refractivity contribution < 1.29 is 8.42 Å². The van der Waals surface area contributed by atoms with Crippen molar-refractivity contribution >= 4 is 27.4 Å². The van der Waals surface area contributed by atoms with Crippen LogP contribution in [-0.4, -0.2) is 19.4 Å². The summed E-state index contributed by atoms with van der Waals surface area (Å²) in [6.45, 7) is 0. The summed E-state index contributed by atoms with van der Waals surface area (Å²) in [5.41, 5.74) is 5.23. The average molecular weight is 346 g/mol. The van der Waals surface area contributed by atoms with E-state index in [2.05, 4.69) is 15.8 Å². The second-order valence-electron chi connectivity index (χ2n) is 6.09. The SMILES string of the molecule is O=S(=O)(N[C@H]1CCc2ncsc2C1)C1=Cc2ccccc2CC1. The maximum Gasteiger partial charge on any atom is 0.236 e. The van der Waals surface area contributed by atoms with E-state index in [1.165, 1.54) is 10.4 Å². The lowest BCUT2D eigenvalue weighted by atomic mass is 9.98. The van der Waals surface area contributed by atoms with Gasteiger partial charge in [0, 0.05) is 17.3 Å². The molecule has 0 saturated carbocycles. The summed E-state index contributed by atoms with van der Waals surface area (Å²) in [6.07, 6.45) is 5.61. The fourth-order valence-electron chi connectivity index (χ4n) is 3.31. The van der Waals surface area contributed by atoms with E-state index in [0.29, 0.717) is 11.3 Å². The average Bonchev–Trinajstić information content (AvgIpc) is 3.01. The number of hydrogen-bond donors (Lipinski definition) is 1. The number of allylic oxidation sites excluding steroid dienone is 1. The molecular formula is C17H18N2O2S2. The van der Waals surface area contributed by atoms with Crippen molar-refractivity contribution in [1.82, 2.24) is 9.71 Å². The Hall–Kier alpha value is -1.50. The zero-order valence-corrected chi connectivity index (χ0v) is 14.3. The van der Waals surface area contributed by atoms with Gasteiger partial charge < -0.3 is 0 Å². The largest absolute Gasteiger partial charge is 0.249 e. The molecule has 0 bridgehead atoms. The van der Waals surface area contributed by atoms with E-state index in [1.54, 1.807) is 11.3 Å². The second-order valence-corrected chi connectivity index (χ2v) is 8.80. The number of hydrogen-bond acceptors (Lipinski definition) is 4. The van der Waals surface area contributed by atoms with Crippen LogP contribution in [0.5, 0.6) is 0 Å². The molecule has 2 aliphatic carbocycles. The first-order chi connectivity index (χ1) is 11.1. The van der Waals surface area contributed by atoms with Crippen LogP contribution >= 0.6 is 11.3 Å². The van der Waals surface area contributed by atoms with Crippen molar-refractivity contribution in [2.75, 3.05) is 0 Å². The zero-order chi connectivity index (χ0) is 15.9. The Morgan fingerprint density at radius 3 is 2.96 bits per heavy atom. The smallest absolute Gasteiger partial charge is 0.236 e. The number of aromatic nitrogens is 1. The summed E-state index contributed by atoms with van der Waals surface area (Å²) in [5.74, 6) is 0. The highest BCUT2D eigenvalue weighted by Gasteiger charge is 2.28. The quantitative estimate of drug-likeness (QED) is 0.930. The summed E-state index contributed by atoms with van der Waals surface area (Å²) >= 11 is 1.62. The highest BCUT2D eigenvalue weighted by molar-refractivity contribution is 7.93. The first-order valence-corrected chi connectivity index (χ1v) is 10.2. The molecule has 1 atom stereocenters. The van der Waals surface area contributed by atoms with Gasteiger partial charge in [0.1, 0.15) is 0 Å². The van der Waals surface area contributed by atoms with Crippen LogP contribution in [0.3, 0.4) is 0 Å². The van der Waals surface area contributed by atoms with Crippen molar-refractivity contribution in [1.29, 1.82) is 0 Å². The third-order valence-electron chi connectivity index (χ3n) is 4.57. The van der Waals surface area contributed by atoms with Crippen LogP contribution in [0.4, 0.5) is 0 Å². The van der Waals surface area contributed by atoms with Gasteiger partial charge in [0.2, 0.25) is 10.0 Å². The maximum atomic E-state index is 12.7. The highest BCUT2D eigenvalue weighted by atomic mass is 32.2. The summed E-state index contributed by atoms with van der Waals surface area (Å²) in [7, 11) is -3.42. The normalized spacial score (nSPS) is 20.5. The Morgan fingerprint density at radius 2 is 2.04 bits per heavy atom. The molecule has 1 aromatic carbocycles. The van der Waals surface area contributed by atoms with Crippen molar-refractivity contribution in [3.05, 3.63) is 56.4 Å². The lowest BCUT2D eigenvalue weighted by molar-refractivity contribution is 0.510. The Morgan fingerprint density at radius 1 is 1.17 bits per heavy atom. The number of nitrogens with zero attached hydrogens (tertiary/aromatic N) is 1. The van der Waals surface area contributed by atoms with Gasteiger partial charge >= 0.3 is 0 Å². The van der Waals surface area contributed by atoms with Crippen LogP contribution in [0.25, 0.3) is 6.08 Å². The van der Waals surface area contributed by atoms with Crippen LogP contribution in [0, 0.1) is 0 Å². The van der Waals surface area contributed by atoms with Gasteiger partial charge in [-0.1, -0.05) is 24.3 Å². The number of aryl methyl sites for hydroxylation is 2. The van der Waals surface area contributed by atoms with Crippen LogP contribution in [0.1, 0.15) is 34.5 Å². The van der Waals surface area contributed by atoms with Gasteiger partial charge in [0.25, 0.3) is 0 Å². The Labute approximate surface area is 140 Å². The van der Waals surface area contributed by atoms with E-state index in [9.17, 15) is 8.42 Å². The van der Waals surface area contributed by atoms with Crippen molar-refractivity contribution in [3.63, 3.8) is 0 Å². The predicted octanol–water partition coefficient (Wildman–Crippen LogP) is 2.91. The van der Waals surface area contributed by atoms with Gasteiger partial charge in [0.15, 0.2) is 0 Å². The molecule has 2 aromatic rings. The minimum Gasteiger partial charge on any atom is -0.249 e. The molecule has 120 valence electrons. The molecule has 23 heavy (non-hydrogen) atoms. The standard InChI is InChI=1S/C17H18N2O2S2/c20-23(21,15-7-5-12-3-1-2-4-13(12)9-15)19-14-6-8-16-17(10-14)22-11-18-16/h1-4,9,11,14,19H,5-8,10H2/t14-/m0/s1. The van der Waals surface area contributed by atoms with Gasteiger partial charge in [0.05, 0.1) is 16.1 Å². The molecule has 0 aliphatic heterocycles. The molecule has 6 heteroatoms. The third-order valence-corrected chi connectivity index (χ3v) is 7.12. The molecule has 0 saturated heterocycles. The summed E-state index contributed by atoms with van der Waals surface area (Å²) < 4.78 is 28.4. The maximum absolute atomic E-state index is 12.7. The fraction of sp³-hybridized carbons (Fsp3) is 0.353. The van der Waals surface area contributed by atoms with Crippen molar-refractivity contribution in [2.45, 2.75) is 38.1 Å². The Bertz CT molecular complexity index is 868. The number of sulfonamides is 1. The van der Waals surface area contributed by atoms with E-state index >= 15 is 0 Å². The minimum absolute atomic E-state index is 0.0222. The molecule has 4 nitrogen and oxygen atoms in total. The molecule has 0 unspecified atom stereocenters. The van der Waals surface area contributed by atoms with Gasteiger partial charge in [-0.25, -0.2) is 18.1 Å². The zero-order valence-electron chi connectivity index (χ0n) is 12.7. The molecule has 0 radical (unpaired) electrons. The van der Waals surface area contributed by atoms with Gasteiger partial charge in [-0.3, -0.25) is 0 Å². The highest BCUT2D eigenvalue weighted by Crippen LogP contribution is 2.28. The predicted molar refractivity (Wildman–Crippen MR) is 92.7 cm³/mol. The lowest BCUT2D eigenvalue weighted by Gasteiger charge is -2.24. The molecule has 1 heterocycles. The molecule has 2 aliphatic rings. The fourth-order valence-corrected chi connectivity index (χ4v) is 5.65. The van der Waals surface area contributed by atoms with Crippen molar-refractivity contribution in [2.24, 2.45) is 0 Å². The summed E-state index contributed by atoms with van der Waals surface area (Å²) in [5, 5.41) is 0. The van der Waals surface area contributed by atoms with E-state index in [4.69, 9.17) is 0 Å². The lowest BCUT2D eigenvalue weighted by Crippen LogP contribution is -2.39. The minimum atomic E-state index is -3.42. The Balaban J connectivity index is 1.54. The first-order valence-electron chi connectivity index (χ1n) is 7.84.